The van der Waals surface area contributed by atoms with E-state index in [0.717, 1.165) is 0 Å². The molecular formula is C10H9N2O5. The van der Waals surface area contributed by atoms with Gasteiger partial charge in [0.15, 0.2) is 0 Å². The molecule has 0 atom stereocenters. The van der Waals surface area contributed by atoms with Crippen molar-refractivity contribution in [2.24, 2.45) is 0 Å². The summed E-state index contributed by atoms with van der Waals surface area (Å²) in [5, 5.41) is 21.7. The molecule has 0 N–H and O–H groups in total. The van der Waals surface area contributed by atoms with Crippen molar-refractivity contribution in [3.63, 3.8) is 0 Å². The minimum atomic E-state index is -0.724. The molecule has 0 unspecified atom stereocenters. The molecule has 0 saturated heterocycles. The van der Waals surface area contributed by atoms with E-state index in [1.807, 2.05) is 0 Å². The lowest BCUT2D eigenvalue weighted by Crippen LogP contribution is -2.06. The monoisotopic (exact) mass is 237 g/mol. The average molecular weight is 237 g/mol. The van der Waals surface area contributed by atoms with E-state index in [1.165, 1.54) is 27.1 Å². The van der Waals surface area contributed by atoms with Crippen LogP contribution in [0.4, 0.5) is 11.4 Å². The van der Waals surface area contributed by atoms with Gasteiger partial charge < -0.3 is 0 Å². The molecule has 1 aromatic carbocycles. The van der Waals surface area contributed by atoms with Crippen LogP contribution in [0.1, 0.15) is 22.3 Å². The Morgan fingerprint density at radius 1 is 0.882 bits per heavy atom. The van der Waals surface area contributed by atoms with Gasteiger partial charge in [-0.15, -0.1) is 0 Å². The van der Waals surface area contributed by atoms with E-state index in [1.54, 1.807) is 0 Å². The lowest BCUT2D eigenvalue weighted by Gasteiger charge is -2.08. The first-order valence-electron chi connectivity index (χ1n) is 4.63. The fourth-order valence-electron chi connectivity index (χ4n) is 1.89. The predicted octanol–water partition coefficient (Wildman–Crippen LogP) is 1.89. The average Bonchev–Trinajstić information content (AvgIpc) is 2.16. The van der Waals surface area contributed by atoms with Crippen LogP contribution in [0.2, 0.25) is 0 Å². The Hall–Kier alpha value is -2.31. The number of rotatable bonds is 3. The van der Waals surface area contributed by atoms with E-state index < -0.39 is 21.2 Å². The van der Waals surface area contributed by atoms with Gasteiger partial charge in [-0.1, -0.05) is 0 Å². The summed E-state index contributed by atoms with van der Waals surface area (Å²) in [7, 11) is 0. The van der Waals surface area contributed by atoms with Crippen LogP contribution < -0.4 is 0 Å². The maximum Gasteiger partial charge on any atom is 0.282 e. The molecular weight excluding hydrogens is 228 g/mol. The van der Waals surface area contributed by atoms with Gasteiger partial charge in [0.2, 0.25) is 6.29 Å². The number of nitro benzene ring substituents is 2. The first kappa shape index (κ1) is 12.8. The van der Waals surface area contributed by atoms with E-state index in [9.17, 15) is 25.0 Å². The molecule has 0 spiro atoms. The van der Waals surface area contributed by atoms with Crippen LogP contribution in [-0.4, -0.2) is 16.1 Å². The van der Waals surface area contributed by atoms with Gasteiger partial charge in [0.25, 0.3) is 11.4 Å². The summed E-state index contributed by atoms with van der Waals surface area (Å²) >= 11 is 0. The van der Waals surface area contributed by atoms with Crippen LogP contribution in [0.25, 0.3) is 0 Å². The largest absolute Gasteiger partial charge is 0.285 e. The Labute approximate surface area is 96.4 Å². The molecule has 1 aromatic rings. The number of hydrogen-bond acceptors (Lipinski definition) is 5. The van der Waals surface area contributed by atoms with Crippen molar-refractivity contribution in [3.05, 3.63) is 42.5 Å². The van der Waals surface area contributed by atoms with E-state index in [0.29, 0.717) is 0 Å². The summed E-state index contributed by atoms with van der Waals surface area (Å²) in [6, 6.07) is 0. The third kappa shape index (κ3) is 1.86. The third-order valence-electron chi connectivity index (χ3n) is 2.64. The highest BCUT2D eigenvalue weighted by Crippen LogP contribution is 2.36. The van der Waals surface area contributed by atoms with E-state index >= 15 is 0 Å². The van der Waals surface area contributed by atoms with Crippen LogP contribution in [0.5, 0.6) is 0 Å². The van der Waals surface area contributed by atoms with Gasteiger partial charge in [-0.2, -0.15) is 0 Å². The number of nitro groups is 2. The highest BCUT2D eigenvalue weighted by Gasteiger charge is 2.30. The molecule has 0 saturated carbocycles. The molecule has 0 aliphatic rings. The van der Waals surface area contributed by atoms with Crippen LogP contribution in [-0.2, 0) is 4.79 Å². The lowest BCUT2D eigenvalue weighted by atomic mass is 9.96. The van der Waals surface area contributed by atoms with E-state index in [-0.39, 0.29) is 22.3 Å². The third-order valence-corrected chi connectivity index (χ3v) is 2.64. The first-order chi connectivity index (χ1) is 7.82. The van der Waals surface area contributed by atoms with Crippen LogP contribution in [0.15, 0.2) is 0 Å². The molecule has 89 valence electrons. The fourth-order valence-corrected chi connectivity index (χ4v) is 1.89. The molecule has 7 heteroatoms. The summed E-state index contributed by atoms with van der Waals surface area (Å²) in [4.78, 5) is 31.0. The van der Waals surface area contributed by atoms with Crippen molar-refractivity contribution in [1.29, 1.82) is 0 Å². The maximum absolute atomic E-state index is 10.9. The molecule has 0 heterocycles. The SMILES string of the molecule is Cc1c([C]=O)c(C)c([N+](=O)[O-])c(C)c1[N+](=O)[O-]. The zero-order chi connectivity index (χ0) is 13.3. The summed E-state index contributed by atoms with van der Waals surface area (Å²) in [5.74, 6) is 0. The molecule has 0 amide bonds. The van der Waals surface area contributed by atoms with Gasteiger partial charge in [-0.3, -0.25) is 25.0 Å². The zero-order valence-electron chi connectivity index (χ0n) is 9.44. The zero-order valence-corrected chi connectivity index (χ0v) is 9.44. The van der Waals surface area contributed by atoms with Crippen molar-refractivity contribution in [2.75, 3.05) is 0 Å². The highest BCUT2D eigenvalue weighted by atomic mass is 16.6. The Bertz CT molecular complexity index is 495. The highest BCUT2D eigenvalue weighted by molar-refractivity contribution is 5.86. The summed E-state index contributed by atoms with van der Waals surface area (Å²) in [6.07, 6.45) is 1.52. The van der Waals surface area contributed by atoms with Crippen LogP contribution >= 0.6 is 0 Å². The quantitative estimate of drug-likeness (QED) is 0.589. The molecule has 7 nitrogen and oxygen atoms in total. The van der Waals surface area contributed by atoms with Crippen molar-refractivity contribution >= 4 is 17.7 Å². The van der Waals surface area contributed by atoms with E-state index in [4.69, 9.17) is 0 Å². The van der Waals surface area contributed by atoms with Crippen molar-refractivity contribution < 1.29 is 14.6 Å². The standard InChI is InChI=1S/C10H9N2O5/c1-5-8(4-13)6(2)10(12(16)17)7(3)9(5)11(14)15/h1-3H3. The summed E-state index contributed by atoms with van der Waals surface area (Å²) in [6.45, 7) is 4.05. The van der Waals surface area contributed by atoms with E-state index in [2.05, 4.69) is 0 Å². The second kappa shape index (κ2) is 4.28. The molecule has 0 aliphatic carbocycles. The van der Waals surface area contributed by atoms with Gasteiger partial charge in [0.1, 0.15) is 5.56 Å². The minimum Gasteiger partial charge on any atom is -0.285 e. The molecule has 0 aliphatic heterocycles. The fraction of sp³-hybridized carbons (Fsp3) is 0.300. The second-order valence-corrected chi connectivity index (χ2v) is 3.56. The first-order valence-corrected chi connectivity index (χ1v) is 4.63. The number of hydrogen-bond donors (Lipinski definition) is 0. The number of nitrogens with zero attached hydrogens (tertiary/aromatic N) is 2. The van der Waals surface area contributed by atoms with Crippen molar-refractivity contribution in [2.45, 2.75) is 20.8 Å². The van der Waals surface area contributed by atoms with Gasteiger partial charge in [0.05, 0.1) is 9.85 Å². The van der Waals surface area contributed by atoms with Crippen molar-refractivity contribution in [1.82, 2.24) is 0 Å². The molecule has 0 bridgehead atoms. The molecule has 17 heavy (non-hydrogen) atoms. The number of carbonyl (C=O) groups excluding carboxylic acids is 1. The summed E-state index contributed by atoms with van der Waals surface area (Å²) < 4.78 is 0. The van der Waals surface area contributed by atoms with Gasteiger partial charge >= 0.3 is 0 Å². The van der Waals surface area contributed by atoms with Crippen LogP contribution in [0.3, 0.4) is 0 Å². The summed E-state index contributed by atoms with van der Waals surface area (Å²) in [5.41, 5.74) is -0.763. The van der Waals surface area contributed by atoms with Gasteiger partial charge in [-0.05, 0) is 20.8 Å². The molecule has 0 aromatic heterocycles. The molecule has 1 radical (unpaired) electrons. The van der Waals surface area contributed by atoms with Gasteiger partial charge in [0, 0.05) is 16.7 Å². The van der Waals surface area contributed by atoms with Crippen molar-refractivity contribution in [3.8, 4) is 0 Å². The maximum atomic E-state index is 10.9. The minimum absolute atomic E-state index is 0.0472. The molecule has 0 fully saturated rings. The molecule has 1 rings (SSSR count). The lowest BCUT2D eigenvalue weighted by molar-refractivity contribution is -0.395. The number of benzene rings is 1. The topological polar surface area (TPSA) is 103 Å². The second-order valence-electron chi connectivity index (χ2n) is 3.56. The Balaban J connectivity index is 3.88. The van der Waals surface area contributed by atoms with Crippen LogP contribution in [0, 0.1) is 41.0 Å². The van der Waals surface area contributed by atoms with Gasteiger partial charge in [-0.25, -0.2) is 0 Å². The smallest absolute Gasteiger partial charge is 0.282 e. The Kier molecular flexibility index (Phi) is 3.21. The Morgan fingerprint density at radius 3 is 1.47 bits per heavy atom. The normalized spacial score (nSPS) is 10.1. The predicted molar refractivity (Wildman–Crippen MR) is 58.8 cm³/mol. The Morgan fingerprint density at radius 2 is 1.24 bits per heavy atom.